The van der Waals surface area contributed by atoms with E-state index in [9.17, 15) is 0 Å². The minimum Gasteiger partial charge on any atom is -0.317 e. The number of pyridine rings is 1. The van der Waals surface area contributed by atoms with Gasteiger partial charge >= 0.3 is 0 Å². The smallest absolute Gasteiger partial charge is 0.156 e. The molecule has 10 nitrogen and oxygen atoms in total. The molecule has 308 valence electrons. The molecule has 0 bridgehead atoms. The van der Waals surface area contributed by atoms with Crippen LogP contribution < -0.4 is 10.6 Å². The average molecular weight is 860 g/mol. The summed E-state index contributed by atoms with van der Waals surface area (Å²) in [4.78, 5) is 9.13. The summed E-state index contributed by atoms with van der Waals surface area (Å²) in [7, 11) is 1.91. The van der Waals surface area contributed by atoms with Crippen LogP contribution in [-0.2, 0) is 7.05 Å². The number of nitrogens with one attached hydrogen (secondary N) is 2. The Labute approximate surface area is 359 Å². The molecule has 7 heterocycles. The molecular weight excluding hydrogens is 813 g/mol. The molecule has 0 amide bonds. The number of hydrogen-bond donors (Lipinski definition) is 2. The van der Waals surface area contributed by atoms with Crippen LogP contribution in [0.2, 0.25) is 0 Å². The maximum absolute atomic E-state index is 15.0. The van der Waals surface area contributed by atoms with Gasteiger partial charge in [0.15, 0.2) is 5.65 Å². The lowest BCUT2D eigenvalue weighted by atomic mass is 9.93. The quantitative estimate of drug-likeness (QED) is 0.180. The fourth-order valence-corrected chi connectivity index (χ4v) is 8.30. The SMILES string of the molecule is Cc1cc(-c2cc(F)c3cc(C4CCNCC4)nnc3c2)cc2cn(C)nc12.Cc1cn2nc(-c3cc(F)c4cc(C5CCNCC5)ncc4c3)cc(C)c2n1.Cl.Cl.Cl. The molecule has 2 saturated heterocycles. The topological polar surface area (TPSA) is 111 Å². The van der Waals surface area contributed by atoms with Crippen LogP contribution in [0.25, 0.3) is 60.6 Å². The summed E-state index contributed by atoms with van der Waals surface area (Å²) in [5, 5.41) is 27.6. The van der Waals surface area contributed by atoms with Crippen molar-refractivity contribution in [2.75, 3.05) is 26.2 Å². The van der Waals surface area contributed by atoms with Crippen LogP contribution in [0.5, 0.6) is 0 Å². The lowest BCUT2D eigenvalue weighted by molar-refractivity contribution is 0.451. The second kappa shape index (κ2) is 18.2. The number of aromatic nitrogens is 8. The molecule has 0 aliphatic carbocycles. The van der Waals surface area contributed by atoms with E-state index in [-0.39, 0.29) is 48.9 Å². The fourth-order valence-electron chi connectivity index (χ4n) is 8.30. The van der Waals surface area contributed by atoms with Crippen molar-refractivity contribution in [3.05, 3.63) is 113 Å². The van der Waals surface area contributed by atoms with Crippen molar-refractivity contribution in [1.29, 1.82) is 0 Å². The van der Waals surface area contributed by atoms with Crippen LogP contribution >= 0.6 is 37.2 Å². The number of benzene rings is 3. The van der Waals surface area contributed by atoms with Crippen LogP contribution in [0.3, 0.4) is 0 Å². The van der Waals surface area contributed by atoms with Gasteiger partial charge in [-0.15, -0.1) is 37.2 Å². The van der Waals surface area contributed by atoms with Gasteiger partial charge in [-0.25, -0.2) is 18.3 Å². The number of hydrogen-bond acceptors (Lipinski definition) is 8. The second-order valence-electron chi connectivity index (χ2n) is 15.4. The summed E-state index contributed by atoms with van der Waals surface area (Å²) in [5.74, 6) is 0.279. The fraction of sp³-hybridized carbons (Fsp3) is 0.318. The van der Waals surface area contributed by atoms with E-state index in [4.69, 9.17) is 0 Å². The molecule has 2 fully saturated rings. The number of fused-ring (bicyclic) bond motifs is 4. The number of piperidine rings is 2. The number of rotatable bonds is 4. The van der Waals surface area contributed by atoms with E-state index in [1.54, 1.807) is 27.5 Å². The Morgan fingerprint density at radius 2 is 1.25 bits per heavy atom. The molecule has 3 aromatic carbocycles. The van der Waals surface area contributed by atoms with Gasteiger partial charge in [0.05, 0.1) is 34.3 Å². The lowest BCUT2D eigenvalue weighted by Gasteiger charge is -2.22. The van der Waals surface area contributed by atoms with Gasteiger partial charge in [-0.1, -0.05) is 0 Å². The van der Waals surface area contributed by atoms with Crippen molar-refractivity contribution in [3.63, 3.8) is 0 Å². The molecule has 2 aliphatic rings. The predicted molar refractivity (Wildman–Crippen MR) is 239 cm³/mol. The Kier molecular flexibility index (Phi) is 13.5. The first-order chi connectivity index (χ1) is 27.2. The summed E-state index contributed by atoms with van der Waals surface area (Å²) >= 11 is 0. The highest BCUT2D eigenvalue weighted by Gasteiger charge is 2.20. The molecule has 2 N–H and O–H groups in total. The third kappa shape index (κ3) is 8.88. The van der Waals surface area contributed by atoms with E-state index < -0.39 is 0 Å². The van der Waals surface area contributed by atoms with Crippen LogP contribution in [0, 0.1) is 32.4 Å². The monoisotopic (exact) mass is 858 g/mol. The van der Waals surface area contributed by atoms with Gasteiger partial charge < -0.3 is 10.6 Å². The van der Waals surface area contributed by atoms with Crippen LogP contribution in [0.1, 0.15) is 65.7 Å². The predicted octanol–water partition coefficient (Wildman–Crippen LogP) is 9.53. The summed E-state index contributed by atoms with van der Waals surface area (Å²) in [5.41, 5.74) is 10.5. The summed E-state index contributed by atoms with van der Waals surface area (Å²) in [6.45, 7) is 9.90. The highest BCUT2D eigenvalue weighted by molar-refractivity contribution is 5.91. The molecule has 5 aromatic heterocycles. The molecule has 15 heteroatoms. The van der Waals surface area contributed by atoms with Crippen molar-refractivity contribution in [3.8, 4) is 22.4 Å². The van der Waals surface area contributed by atoms with E-state index in [1.807, 2.05) is 82.7 Å². The van der Waals surface area contributed by atoms with Crippen LogP contribution in [-0.4, -0.2) is 65.7 Å². The highest BCUT2D eigenvalue weighted by atomic mass is 35.5. The average Bonchev–Trinajstić information content (AvgIpc) is 3.80. The summed E-state index contributed by atoms with van der Waals surface area (Å²) < 4.78 is 33.6. The maximum Gasteiger partial charge on any atom is 0.156 e. The largest absolute Gasteiger partial charge is 0.317 e. The molecule has 2 aliphatic heterocycles. The summed E-state index contributed by atoms with van der Waals surface area (Å²) in [6.07, 6.45) is 9.79. The van der Waals surface area contributed by atoms with Gasteiger partial charge in [-0.2, -0.15) is 20.4 Å². The first kappa shape index (κ1) is 43.7. The van der Waals surface area contributed by atoms with Gasteiger partial charge in [0, 0.05) is 64.1 Å². The molecule has 0 atom stereocenters. The first-order valence-corrected chi connectivity index (χ1v) is 19.4. The highest BCUT2D eigenvalue weighted by Crippen LogP contribution is 2.33. The zero-order valence-electron chi connectivity index (χ0n) is 33.3. The first-order valence-electron chi connectivity index (χ1n) is 19.4. The molecule has 59 heavy (non-hydrogen) atoms. The van der Waals surface area contributed by atoms with E-state index in [0.29, 0.717) is 28.1 Å². The van der Waals surface area contributed by atoms with Crippen LogP contribution in [0.15, 0.2) is 73.2 Å². The van der Waals surface area contributed by atoms with E-state index in [2.05, 4.69) is 41.0 Å². The van der Waals surface area contributed by atoms with Crippen molar-refractivity contribution >= 4 is 75.4 Å². The van der Waals surface area contributed by atoms with Gasteiger partial charge in [-0.05, 0) is 149 Å². The Morgan fingerprint density at radius 3 is 1.98 bits per heavy atom. The molecule has 8 aromatic rings. The zero-order valence-corrected chi connectivity index (χ0v) is 35.7. The molecular formula is C44H47Cl3F2N10. The van der Waals surface area contributed by atoms with Gasteiger partial charge in [0.25, 0.3) is 0 Å². The molecule has 0 saturated carbocycles. The minimum atomic E-state index is -0.249. The van der Waals surface area contributed by atoms with Crippen LogP contribution in [0.4, 0.5) is 8.78 Å². The number of nitrogens with zero attached hydrogens (tertiary/aromatic N) is 8. The lowest BCUT2D eigenvalue weighted by Crippen LogP contribution is -2.27. The van der Waals surface area contributed by atoms with Crippen molar-refractivity contribution in [2.24, 2.45) is 7.05 Å². The summed E-state index contributed by atoms with van der Waals surface area (Å²) in [6, 6.07) is 16.9. The second-order valence-corrected chi connectivity index (χ2v) is 15.4. The minimum absolute atomic E-state index is 0. The van der Waals surface area contributed by atoms with E-state index >= 15 is 8.78 Å². The Bertz CT molecular complexity index is 2590. The zero-order chi connectivity index (χ0) is 38.5. The third-order valence-electron chi connectivity index (χ3n) is 11.3. The Balaban J connectivity index is 0.000000189. The van der Waals surface area contributed by atoms with Crippen molar-refractivity contribution in [2.45, 2.75) is 58.3 Å². The number of imidazole rings is 1. The van der Waals surface area contributed by atoms with E-state index in [0.717, 1.165) is 124 Å². The Morgan fingerprint density at radius 1 is 0.627 bits per heavy atom. The number of halogens is 5. The standard InChI is InChI=1S/2C22H22FN5.3ClH/c1-13-7-15(8-17-12-28(2)27-22(13)17)16-9-19(23)18-11-20(25-26-21(18)10-16)14-3-5-24-6-4-14;1-13-7-21(27-28-12-14(2)26-22(13)28)16-8-17-11-25-20(10-18(17)19(23)9-16)15-3-5-24-6-4-15;;;/h7-12,14,24H,3-6H2,1-2H3;7-12,15,24H,3-6H2,1-2H3;3*1H. The molecule has 0 unspecified atom stereocenters. The molecule has 0 radical (unpaired) electrons. The normalized spacial score (nSPS) is 14.7. The van der Waals surface area contributed by atoms with Crippen molar-refractivity contribution < 1.29 is 8.78 Å². The number of aryl methyl sites for hydroxylation is 4. The van der Waals surface area contributed by atoms with E-state index in [1.165, 1.54) is 0 Å². The van der Waals surface area contributed by atoms with Crippen molar-refractivity contribution in [1.82, 2.24) is 50.2 Å². The molecule has 0 spiro atoms. The third-order valence-corrected chi connectivity index (χ3v) is 11.3. The molecule has 10 rings (SSSR count). The van der Waals surface area contributed by atoms with Gasteiger partial charge in [0.1, 0.15) is 11.6 Å². The maximum atomic E-state index is 15.0. The Hall–Kier alpha value is -4.85. The van der Waals surface area contributed by atoms with Gasteiger partial charge in [0.2, 0.25) is 0 Å². The van der Waals surface area contributed by atoms with Gasteiger partial charge in [-0.3, -0.25) is 9.67 Å².